The van der Waals surface area contributed by atoms with Gasteiger partial charge in [-0.2, -0.15) is 0 Å². The fourth-order valence-electron chi connectivity index (χ4n) is 5.77. The topological polar surface area (TPSA) is 119 Å². The third-order valence-corrected chi connectivity index (χ3v) is 7.85. The molecule has 15 heteroatoms. The quantitative estimate of drug-likeness (QED) is 0.329. The molecule has 0 bridgehead atoms. The van der Waals surface area contributed by atoms with Crippen molar-refractivity contribution < 1.29 is 54.5 Å². The average molecular weight is 780 g/mol. The van der Waals surface area contributed by atoms with Gasteiger partial charge in [-0.05, 0) is 156 Å². The van der Waals surface area contributed by atoms with Crippen LogP contribution in [0, 0.1) is 0 Å². The maximum absolute atomic E-state index is 4.33. The maximum Gasteiger partial charge on any atom is 3.00 e. The zero-order valence-corrected chi connectivity index (χ0v) is 30.3. The van der Waals surface area contributed by atoms with Crippen molar-refractivity contribution in [3.8, 4) is 0 Å². The van der Waals surface area contributed by atoms with Crippen LogP contribution in [0.2, 0.25) is 0 Å². The fraction of sp³-hybridized carbons (Fsp3) is 0.857. The second kappa shape index (κ2) is 21.5. The van der Waals surface area contributed by atoms with Crippen LogP contribution in [0.5, 0.6) is 0 Å². The maximum atomic E-state index is 4.33. The molecule has 0 aromatic heterocycles. The van der Waals surface area contributed by atoms with Gasteiger partial charge in [-0.3, -0.25) is 0 Å². The van der Waals surface area contributed by atoms with Crippen molar-refractivity contribution in [2.24, 2.45) is 20.0 Å². The Kier molecular flexibility index (Phi) is 18.9. The van der Waals surface area contributed by atoms with Crippen LogP contribution in [0.4, 0.5) is 0 Å². The molecule has 0 aromatic carbocycles. The Morgan fingerprint density at radius 3 is 0.791 bits per heavy atom. The zero-order valence-electron chi connectivity index (χ0n) is 25.5. The van der Waals surface area contributed by atoms with E-state index in [0.29, 0.717) is 0 Å². The van der Waals surface area contributed by atoms with Crippen LogP contribution in [0.3, 0.4) is 0 Å². The van der Waals surface area contributed by atoms with Gasteiger partial charge in [0.2, 0.25) is 0 Å². The van der Waals surface area contributed by atoms with Gasteiger partial charge in [-0.15, -0.1) is 0 Å². The van der Waals surface area contributed by atoms with Crippen molar-refractivity contribution in [2.75, 3.05) is 105 Å². The summed E-state index contributed by atoms with van der Waals surface area (Å²) >= 11 is 0. The van der Waals surface area contributed by atoms with Gasteiger partial charge in [-0.25, -0.2) is 0 Å². The van der Waals surface area contributed by atoms with E-state index in [4.69, 9.17) is 0 Å². The third kappa shape index (κ3) is 12.2. The molecule has 0 N–H and O–H groups in total. The molecule has 0 amide bonds. The summed E-state index contributed by atoms with van der Waals surface area (Å²) in [5.41, 5.74) is 0. The minimum atomic E-state index is 0. The van der Waals surface area contributed by atoms with Gasteiger partial charge < -0.3 is 73.2 Å². The van der Waals surface area contributed by atoms with E-state index in [-0.39, 0.29) is 54.5 Å². The number of nitrogens with zero attached hydrogens (tertiary/aromatic N) is 12. The van der Waals surface area contributed by atoms with E-state index in [0.717, 1.165) is 76.2 Å². The van der Waals surface area contributed by atoms with Crippen molar-refractivity contribution in [1.82, 2.24) is 19.6 Å². The second-order valence-electron chi connectivity index (χ2n) is 11.0. The number of hydrogen-bond donors (Lipinski definition) is 0. The molecule has 0 aliphatic carbocycles. The first-order valence-electron chi connectivity index (χ1n) is 15.7. The van der Waals surface area contributed by atoms with Gasteiger partial charge in [-0.1, -0.05) is 0 Å². The summed E-state index contributed by atoms with van der Waals surface area (Å²) in [6, 6.07) is 0. The van der Waals surface area contributed by atoms with Crippen LogP contribution in [0.15, 0.2) is 20.0 Å². The number of aliphatic imine (C=N–C) groups is 4. The van der Waals surface area contributed by atoms with Crippen molar-refractivity contribution in [2.45, 2.75) is 51.4 Å². The predicted octanol–water partition coefficient (Wildman–Crippen LogP) is 0.301. The number of rotatable bonds is 0. The third-order valence-electron chi connectivity index (χ3n) is 7.85. The van der Waals surface area contributed by atoms with Gasteiger partial charge in [0.1, 0.15) is 0 Å². The van der Waals surface area contributed by atoms with E-state index in [2.05, 4.69) is 60.8 Å². The standard InChI is InChI=1S/4C7H12N3.ClH.2Mo/c4*1-3-8-7-9-4-2-6-10(7)5-1;;;/h4*1-6H2;1H;;/q4*-1;;+2;+3/p-1. The van der Waals surface area contributed by atoms with Gasteiger partial charge in [0, 0.05) is 23.8 Å². The van der Waals surface area contributed by atoms with Crippen LogP contribution in [-0.4, -0.2) is 148 Å². The molecule has 43 heavy (non-hydrogen) atoms. The van der Waals surface area contributed by atoms with Crippen molar-refractivity contribution in [3.05, 3.63) is 21.3 Å². The molecular formula is C28H48ClMo2N12. The summed E-state index contributed by atoms with van der Waals surface area (Å²) in [6.45, 7) is 17.2. The Labute approximate surface area is 293 Å². The molecule has 8 aliphatic heterocycles. The molecule has 8 rings (SSSR count). The molecule has 1 radical (unpaired) electrons. The fourth-order valence-corrected chi connectivity index (χ4v) is 5.77. The molecule has 8 aliphatic rings. The summed E-state index contributed by atoms with van der Waals surface area (Å²) in [4.78, 5) is 26.4. The van der Waals surface area contributed by atoms with Crippen molar-refractivity contribution >= 4 is 23.8 Å². The van der Waals surface area contributed by atoms with E-state index in [1.54, 1.807) is 0 Å². The molecule has 239 valence electrons. The summed E-state index contributed by atoms with van der Waals surface area (Å²) in [5.74, 6) is 4.05. The zero-order chi connectivity index (χ0) is 27.2. The number of halogens is 1. The van der Waals surface area contributed by atoms with Gasteiger partial charge in [0.25, 0.3) is 0 Å². The average Bonchev–Trinajstić information content (AvgIpc) is 3.06. The van der Waals surface area contributed by atoms with Crippen LogP contribution < -0.4 is 12.4 Å². The second-order valence-corrected chi connectivity index (χ2v) is 11.0. The summed E-state index contributed by atoms with van der Waals surface area (Å²) < 4.78 is 0. The van der Waals surface area contributed by atoms with Crippen molar-refractivity contribution in [3.63, 3.8) is 0 Å². The first-order valence-corrected chi connectivity index (χ1v) is 15.7. The van der Waals surface area contributed by atoms with Crippen molar-refractivity contribution in [1.29, 1.82) is 0 Å². The normalized spacial score (nSPS) is 23.1. The smallest absolute Gasteiger partial charge is 1.00 e. The van der Waals surface area contributed by atoms with E-state index < -0.39 is 0 Å². The van der Waals surface area contributed by atoms with Gasteiger partial charge in [0.05, 0.1) is 0 Å². The van der Waals surface area contributed by atoms with Crippen LogP contribution in [-0.2, 0) is 42.1 Å². The SMILES string of the molecule is C1CN=C2[N-]CCCN2C1.C1CN=C2[N-]CCCN2C1.C1CN=C2[N-]CCCN2C1.C1CN=C2[N-]CCCN2C1.[Cl-].[Mo+2].[Mo+3]. The largest absolute Gasteiger partial charge is 3.00 e. The van der Waals surface area contributed by atoms with Crippen LogP contribution >= 0.6 is 0 Å². The molecule has 4 saturated heterocycles. The summed E-state index contributed by atoms with van der Waals surface area (Å²) in [5, 5.41) is 17.3. The molecule has 0 unspecified atom stereocenters. The van der Waals surface area contributed by atoms with Crippen LogP contribution in [0.1, 0.15) is 51.4 Å². The predicted molar refractivity (Wildman–Crippen MR) is 165 cm³/mol. The van der Waals surface area contributed by atoms with E-state index in [1.807, 2.05) is 0 Å². The van der Waals surface area contributed by atoms with E-state index in [1.165, 1.54) is 104 Å². The van der Waals surface area contributed by atoms with Crippen LogP contribution in [0.25, 0.3) is 21.3 Å². The monoisotopic (exact) mass is 783 g/mol. The molecule has 0 aromatic rings. The Hall–Kier alpha value is -1.25. The minimum Gasteiger partial charge on any atom is -1.00 e. The Bertz CT molecular complexity index is 774. The first-order chi connectivity index (χ1) is 19.9. The number of fused-ring (bicyclic) bond motifs is 4. The molecule has 0 atom stereocenters. The minimum absolute atomic E-state index is 0. The summed E-state index contributed by atoms with van der Waals surface area (Å²) in [6.07, 6.45) is 9.66. The molecular weight excluding hydrogens is 732 g/mol. The van der Waals surface area contributed by atoms with E-state index >= 15 is 0 Å². The first kappa shape index (κ1) is 37.9. The molecule has 4 fully saturated rings. The van der Waals surface area contributed by atoms with E-state index in [9.17, 15) is 0 Å². The Balaban J connectivity index is 0.000000196. The Morgan fingerprint density at radius 1 is 0.372 bits per heavy atom. The molecule has 8 heterocycles. The molecule has 0 spiro atoms. The number of guanidine groups is 4. The van der Waals surface area contributed by atoms with Gasteiger partial charge >= 0.3 is 42.1 Å². The number of hydrogen-bond acceptors (Lipinski definition) is 8. The Morgan fingerprint density at radius 2 is 0.581 bits per heavy atom. The molecule has 12 nitrogen and oxygen atoms in total. The molecule has 0 saturated carbocycles. The van der Waals surface area contributed by atoms with Gasteiger partial charge in [0.15, 0.2) is 0 Å². The summed E-state index contributed by atoms with van der Waals surface area (Å²) in [7, 11) is 0.